The molecule has 3 rings (SSSR count). The Bertz CT molecular complexity index is 799. The second-order valence-electron chi connectivity index (χ2n) is 6.30. The molecule has 0 bridgehead atoms. The van der Waals surface area contributed by atoms with Gasteiger partial charge in [0.25, 0.3) is 0 Å². The van der Waals surface area contributed by atoms with E-state index in [4.69, 9.17) is 4.52 Å². The zero-order valence-electron chi connectivity index (χ0n) is 14.1. The maximum Gasteiger partial charge on any atom is 0.248 e. The summed E-state index contributed by atoms with van der Waals surface area (Å²) in [6.07, 6.45) is 0.675. The topological polar surface area (TPSA) is 88.3 Å². The van der Waals surface area contributed by atoms with E-state index in [0.717, 1.165) is 5.69 Å². The molecule has 0 radical (unpaired) electrons. The highest BCUT2D eigenvalue weighted by Crippen LogP contribution is 2.26. The molecule has 1 aromatic carbocycles. The van der Waals surface area contributed by atoms with E-state index in [9.17, 15) is 8.42 Å². The van der Waals surface area contributed by atoms with Gasteiger partial charge >= 0.3 is 0 Å². The molecule has 1 saturated heterocycles. The van der Waals surface area contributed by atoms with Crippen LogP contribution in [0, 0.1) is 0 Å². The Morgan fingerprint density at radius 1 is 1.21 bits per heavy atom. The molecule has 2 aromatic rings. The first kappa shape index (κ1) is 16.8. The van der Waals surface area contributed by atoms with Gasteiger partial charge in [0.2, 0.25) is 15.9 Å². The first-order chi connectivity index (χ1) is 11.4. The normalized spacial score (nSPS) is 18.1. The number of nitrogens with one attached hydrogen (secondary N) is 1. The largest absolute Gasteiger partial charge is 0.374 e. The Morgan fingerprint density at radius 3 is 2.46 bits per heavy atom. The van der Waals surface area contributed by atoms with Crippen LogP contribution in [0.4, 0.5) is 11.4 Å². The Balaban J connectivity index is 1.69. The van der Waals surface area contributed by atoms with Crippen molar-refractivity contribution in [2.75, 3.05) is 21.9 Å². The summed E-state index contributed by atoms with van der Waals surface area (Å²) in [6, 6.07) is 7.21. The molecular formula is C16H22N4O3S. The second kappa shape index (κ2) is 6.43. The number of nitrogens with zero attached hydrogens (tertiary/aromatic N) is 3. The van der Waals surface area contributed by atoms with Crippen molar-refractivity contribution in [1.82, 2.24) is 10.1 Å². The molecule has 130 valence electrons. The van der Waals surface area contributed by atoms with Crippen molar-refractivity contribution in [3.05, 3.63) is 36.0 Å². The van der Waals surface area contributed by atoms with E-state index in [1.807, 2.05) is 45.0 Å². The highest BCUT2D eigenvalue weighted by atomic mass is 32.2. The predicted octanol–water partition coefficient (Wildman–Crippen LogP) is 2.91. The summed E-state index contributed by atoms with van der Waals surface area (Å²) in [7, 11) is -3.14. The molecule has 1 aliphatic rings. The van der Waals surface area contributed by atoms with Gasteiger partial charge in [-0.1, -0.05) is 19.0 Å². The van der Waals surface area contributed by atoms with Gasteiger partial charge in [-0.2, -0.15) is 4.98 Å². The predicted molar refractivity (Wildman–Crippen MR) is 92.6 cm³/mol. The number of anilines is 2. The van der Waals surface area contributed by atoms with E-state index < -0.39 is 10.0 Å². The minimum atomic E-state index is -3.14. The lowest BCUT2D eigenvalue weighted by Gasteiger charge is -2.18. The summed E-state index contributed by atoms with van der Waals surface area (Å²) in [5, 5.41) is 7.25. The van der Waals surface area contributed by atoms with E-state index in [0.29, 0.717) is 30.4 Å². The number of aromatic nitrogens is 2. The van der Waals surface area contributed by atoms with Crippen molar-refractivity contribution in [3.63, 3.8) is 0 Å². The lowest BCUT2D eigenvalue weighted by atomic mass is 10.2. The van der Waals surface area contributed by atoms with Gasteiger partial charge in [-0.15, -0.1) is 0 Å². The molecule has 8 heteroatoms. The summed E-state index contributed by atoms with van der Waals surface area (Å²) >= 11 is 0. The average molecular weight is 350 g/mol. The number of benzene rings is 1. The van der Waals surface area contributed by atoms with Crippen molar-refractivity contribution in [3.8, 4) is 0 Å². The monoisotopic (exact) mass is 350 g/mol. The maximum absolute atomic E-state index is 11.9. The van der Waals surface area contributed by atoms with Crippen LogP contribution in [0.2, 0.25) is 0 Å². The van der Waals surface area contributed by atoms with Gasteiger partial charge in [-0.25, -0.2) is 8.42 Å². The van der Waals surface area contributed by atoms with Crippen molar-refractivity contribution in [2.24, 2.45) is 0 Å². The molecule has 1 fully saturated rings. The van der Waals surface area contributed by atoms with Crippen molar-refractivity contribution >= 4 is 21.4 Å². The van der Waals surface area contributed by atoms with Crippen molar-refractivity contribution in [2.45, 2.75) is 39.2 Å². The zero-order valence-corrected chi connectivity index (χ0v) is 14.9. The van der Waals surface area contributed by atoms with Crippen LogP contribution < -0.4 is 9.62 Å². The second-order valence-corrected chi connectivity index (χ2v) is 8.31. The van der Waals surface area contributed by atoms with E-state index in [1.54, 1.807) is 0 Å². The summed E-state index contributed by atoms with van der Waals surface area (Å²) in [5.74, 6) is 1.66. The quantitative estimate of drug-likeness (QED) is 0.892. The molecule has 1 aliphatic heterocycles. The SMILES string of the molecule is CC(C)c1noc([C@@H](C)Nc2ccc(N3CCCS3(=O)=O)cc2)n1. The fraction of sp³-hybridized carbons (Fsp3) is 0.500. The lowest BCUT2D eigenvalue weighted by molar-refractivity contribution is 0.361. The molecular weight excluding hydrogens is 328 g/mol. The molecule has 1 N–H and O–H groups in total. The molecule has 7 nitrogen and oxygen atoms in total. The van der Waals surface area contributed by atoms with Crippen LogP contribution >= 0.6 is 0 Å². The van der Waals surface area contributed by atoms with E-state index in [-0.39, 0.29) is 17.7 Å². The highest BCUT2D eigenvalue weighted by molar-refractivity contribution is 7.93. The molecule has 1 aromatic heterocycles. The summed E-state index contributed by atoms with van der Waals surface area (Å²) in [6.45, 7) is 6.51. The van der Waals surface area contributed by atoms with Crippen LogP contribution in [0.3, 0.4) is 0 Å². The van der Waals surface area contributed by atoms with Crippen LogP contribution in [-0.4, -0.2) is 30.9 Å². The van der Waals surface area contributed by atoms with Gasteiger partial charge in [0.1, 0.15) is 6.04 Å². The van der Waals surface area contributed by atoms with Crippen molar-refractivity contribution < 1.29 is 12.9 Å². The summed E-state index contributed by atoms with van der Waals surface area (Å²) in [4.78, 5) is 4.38. The van der Waals surface area contributed by atoms with Crippen LogP contribution in [-0.2, 0) is 10.0 Å². The van der Waals surface area contributed by atoms with E-state index >= 15 is 0 Å². The third-order valence-corrected chi connectivity index (χ3v) is 5.85. The molecule has 2 heterocycles. The Hall–Kier alpha value is -2.09. The zero-order chi connectivity index (χ0) is 17.3. The number of sulfonamides is 1. The van der Waals surface area contributed by atoms with Gasteiger partial charge in [0.05, 0.1) is 11.4 Å². The minimum absolute atomic E-state index is 0.133. The smallest absolute Gasteiger partial charge is 0.248 e. The highest BCUT2D eigenvalue weighted by Gasteiger charge is 2.28. The summed E-state index contributed by atoms with van der Waals surface area (Å²) < 4.78 is 30.6. The van der Waals surface area contributed by atoms with E-state index in [2.05, 4.69) is 15.5 Å². The van der Waals surface area contributed by atoms with Gasteiger partial charge in [0, 0.05) is 18.2 Å². The van der Waals surface area contributed by atoms with Crippen LogP contribution in [0.1, 0.15) is 50.9 Å². The fourth-order valence-electron chi connectivity index (χ4n) is 2.62. The first-order valence-corrected chi connectivity index (χ1v) is 9.68. The Morgan fingerprint density at radius 2 is 1.92 bits per heavy atom. The van der Waals surface area contributed by atoms with Crippen LogP contribution in [0.5, 0.6) is 0 Å². The molecule has 0 aliphatic carbocycles. The molecule has 0 unspecified atom stereocenters. The Kier molecular flexibility index (Phi) is 4.49. The number of hydrogen-bond acceptors (Lipinski definition) is 6. The van der Waals surface area contributed by atoms with E-state index in [1.165, 1.54) is 4.31 Å². The molecule has 0 saturated carbocycles. The summed E-state index contributed by atoms with van der Waals surface area (Å²) in [5.41, 5.74) is 1.57. The van der Waals surface area contributed by atoms with Gasteiger partial charge in [-0.3, -0.25) is 4.31 Å². The maximum atomic E-state index is 11.9. The number of rotatable bonds is 5. The fourth-order valence-corrected chi connectivity index (χ4v) is 4.19. The van der Waals surface area contributed by atoms with Crippen LogP contribution in [0.15, 0.2) is 28.8 Å². The van der Waals surface area contributed by atoms with Gasteiger partial charge in [-0.05, 0) is 37.6 Å². The minimum Gasteiger partial charge on any atom is -0.374 e. The standard InChI is InChI=1S/C16H22N4O3S/c1-11(2)15-18-16(23-19-15)12(3)17-13-5-7-14(8-6-13)20-9-4-10-24(20,21)22/h5-8,11-12,17H,4,9-10H2,1-3H3/t12-/m1/s1. The van der Waals surface area contributed by atoms with Gasteiger partial charge in [0.15, 0.2) is 5.82 Å². The van der Waals surface area contributed by atoms with Crippen LogP contribution in [0.25, 0.3) is 0 Å². The third kappa shape index (κ3) is 3.38. The van der Waals surface area contributed by atoms with Crippen molar-refractivity contribution in [1.29, 1.82) is 0 Å². The molecule has 0 amide bonds. The third-order valence-electron chi connectivity index (χ3n) is 3.98. The Labute approximate surface area is 142 Å². The number of hydrogen-bond donors (Lipinski definition) is 1. The average Bonchev–Trinajstić information content (AvgIpc) is 3.14. The molecule has 0 spiro atoms. The molecule has 1 atom stereocenters. The van der Waals surface area contributed by atoms with Gasteiger partial charge < -0.3 is 9.84 Å². The molecule has 24 heavy (non-hydrogen) atoms. The lowest BCUT2D eigenvalue weighted by Crippen LogP contribution is -2.24. The first-order valence-electron chi connectivity index (χ1n) is 8.07.